The lowest BCUT2D eigenvalue weighted by Crippen LogP contribution is -2.61. The number of carbonyl (C=O) groups excluding carboxylic acids is 1. The van der Waals surface area contributed by atoms with Gasteiger partial charge in [0.1, 0.15) is 11.4 Å². The second kappa shape index (κ2) is 10.1. The molecular weight excluding hydrogens is 375 g/mol. The maximum atomic E-state index is 14.3. The van der Waals surface area contributed by atoms with E-state index in [4.69, 9.17) is 5.73 Å². The van der Waals surface area contributed by atoms with E-state index in [-0.39, 0.29) is 17.6 Å². The Morgan fingerprint density at radius 3 is 2.47 bits per heavy atom. The molecule has 0 saturated heterocycles. The van der Waals surface area contributed by atoms with E-state index < -0.39 is 5.54 Å². The minimum Gasteiger partial charge on any atom is -0.367 e. The topological polar surface area (TPSA) is 46.3 Å². The van der Waals surface area contributed by atoms with Gasteiger partial charge < -0.3 is 10.6 Å². The summed E-state index contributed by atoms with van der Waals surface area (Å²) in [5, 5.41) is 0. The van der Waals surface area contributed by atoms with Crippen molar-refractivity contribution in [3.05, 3.63) is 65.5 Å². The van der Waals surface area contributed by atoms with Crippen molar-refractivity contribution in [2.45, 2.75) is 70.8 Å². The van der Waals surface area contributed by atoms with Crippen LogP contribution in [-0.4, -0.2) is 12.5 Å². The number of amides is 1. The summed E-state index contributed by atoms with van der Waals surface area (Å²) >= 11 is 0. The number of aryl methyl sites for hydroxylation is 1. The lowest BCUT2D eigenvalue weighted by atomic mass is 9.68. The maximum absolute atomic E-state index is 14.3. The molecule has 0 aromatic heterocycles. The van der Waals surface area contributed by atoms with Crippen molar-refractivity contribution in [1.29, 1.82) is 0 Å². The average Bonchev–Trinajstić information content (AvgIpc) is 2.75. The van der Waals surface area contributed by atoms with Crippen LogP contribution in [0.2, 0.25) is 0 Å². The van der Waals surface area contributed by atoms with E-state index in [1.807, 2.05) is 37.3 Å². The molecule has 2 aromatic carbocycles. The highest BCUT2D eigenvalue weighted by molar-refractivity contribution is 5.91. The summed E-state index contributed by atoms with van der Waals surface area (Å²) in [4.78, 5) is 15.6. The summed E-state index contributed by atoms with van der Waals surface area (Å²) < 4.78 is 14.3. The van der Waals surface area contributed by atoms with Crippen LogP contribution in [0.1, 0.15) is 69.4 Å². The quantitative estimate of drug-likeness (QED) is 0.508. The number of halogens is 1. The Hall–Kier alpha value is -2.36. The molecule has 1 saturated carbocycles. The van der Waals surface area contributed by atoms with Crippen LogP contribution in [0.3, 0.4) is 0 Å². The molecule has 2 aromatic rings. The Kier molecular flexibility index (Phi) is 7.52. The molecule has 1 amide bonds. The number of unbranched alkanes of at least 4 members (excludes halogenated alkanes) is 2. The third-order valence-electron chi connectivity index (χ3n) is 6.66. The highest BCUT2D eigenvalue weighted by Gasteiger charge is 2.51. The lowest BCUT2D eigenvalue weighted by molar-refractivity contribution is -0.126. The fourth-order valence-electron chi connectivity index (χ4n) is 5.25. The average molecular weight is 411 g/mol. The highest BCUT2D eigenvalue weighted by atomic mass is 19.1. The molecule has 0 heterocycles. The van der Waals surface area contributed by atoms with Crippen LogP contribution in [0.4, 0.5) is 10.1 Å². The van der Waals surface area contributed by atoms with E-state index in [0.29, 0.717) is 6.54 Å². The van der Waals surface area contributed by atoms with Crippen molar-refractivity contribution in [1.82, 2.24) is 0 Å². The molecule has 30 heavy (non-hydrogen) atoms. The molecule has 1 aliphatic carbocycles. The molecule has 2 N–H and O–H groups in total. The van der Waals surface area contributed by atoms with E-state index in [1.165, 1.54) is 12.5 Å². The monoisotopic (exact) mass is 410 g/mol. The molecule has 0 bridgehead atoms. The van der Waals surface area contributed by atoms with Crippen molar-refractivity contribution in [3.63, 3.8) is 0 Å². The van der Waals surface area contributed by atoms with Crippen LogP contribution in [0.25, 0.3) is 0 Å². The standard InChI is InChI=1S/C26H35FN2O/c1-3-4-10-18-29(23-16-11-15-22(27)19-23)26(25(28)30,21-13-6-5-7-14-21)24-17-9-8-12-20(24)2/h8-9,11-12,15-17,19,21H,3-7,10,13-14,18H2,1-2H3,(H2,28,30). The van der Waals surface area contributed by atoms with Gasteiger partial charge in [0.25, 0.3) is 0 Å². The minimum absolute atomic E-state index is 0.106. The Morgan fingerprint density at radius 1 is 1.10 bits per heavy atom. The first kappa shape index (κ1) is 22.3. The smallest absolute Gasteiger partial charge is 0.248 e. The zero-order valence-electron chi connectivity index (χ0n) is 18.4. The van der Waals surface area contributed by atoms with Crippen LogP contribution in [0, 0.1) is 18.7 Å². The molecule has 1 aliphatic rings. The van der Waals surface area contributed by atoms with Crippen LogP contribution < -0.4 is 10.6 Å². The third-order valence-corrected chi connectivity index (χ3v) is 6.66. The Balaban J connectivity index is 2.24. The summed E-state index contributed by atoms with van der Waals surface area (Å²) in [6.45, 7) is 4.88. The molecule has 3 nitrogen and oxygen atoms in total. The van der Waals surface area contributed by atoms with Gasteiger partial charge in [0.15, 0.2) is 0 Å². The van der Waals surface area contributed by atoms with Crippen LogP contribution in [0.5, 0.6) is 0 Å². The fourth-order valence-corrected chi connectivity index (χ4v) is 5.25. The predicted octanol–water partition coefficient (Wildman–Crippen LogP) is 6.09. The first-order chi connectivity index (χ1) is 14.5. The fraction of sp³-hybridized carbons (Fsp3) is 0.500. The molecular formula is C26H35FN2O. The van der Waals surface area contributed by atoms with Gasteiger partial charge in [-0.1, -0.05) is 69.4 Å². The third kappa shape index (κ3) is 4.38. The van der Waals surface area contributed by atoms with Gasteiger partial charge in [0.2, 0.25) is 5.91 Å². The number of benzene rings is 2. The summed E-state index contributed by atoms with van der Waals surface area (Å²) in [6, 6.07) is 14.7. The molecule has 162 valence electrons. The first-order valence-corrected chi connectivity index (χ1v) is 11.4. The van der Waals surface area contributed by atoms with Gasteiger partial charge in [0.05, 0.1) is 0 Å². The summed E-state index contributed by atoms with van der Waals surface area (Å²) in [5.74, 6) is -0.515. The van der Waals surface area contributed by atoms with Gasteiger partial charge in [-0.25, -0.2) is 4.39 Å². The number of primary amides is 1. The number of hydrogen-bond acceptors (Lipinski definition) is 2. The number of rotatable bonds is 9. The SMILES string of the molecule is CCCCCN(c1cccc(F)c1)C(C(N)=O)(c1ccccc1C)C1CCCCC1. The van der Waals surface area contributed by atoms with Gasteiger partial charge in [-0.05, 0) is 61.4 Å². The molecule has 0 radical (unpaired) electrons. The van der Waals surface area contributed by atoms with Crippen molar-refractivity contribution in [3.8, 4) is 0 Å². The van der Waals surface area contributed by atoms with Crippen LogP contribution in [-0.2, 0) is 10.3 Å². The van der Waals surface area contributed by atoms with E-state index >= 15 is 0 Å². The minimum atomic E-state index is -0.979. The van der Waals surface area contributed by atoms with Crippen molar-refractivity contribution in [2.75, 3.05) is 11.4 Å². The molecule has 1 unspecified atom stereocenters. The second-order valence-electron chi connectivity index (χ2n) is 8.62. The number of anilines is 1. The predicted molar refractivity (Wildman–Crippen MR) is 122 cm³/mol. The zero-order chi connectivity index (χ0) is 21.6. The summed E-state index contributed by atoms with van der Waals surface area (Å²) in [6.07, 6.45) is 8.35. The van der Waals surface area contributed by atoms with Gasteiger partial charge >= 0.3 is 0 Å². The lowest BCUT2D eigenvalue weighted by Gasteiger charge is -2.50. The second-order valence-corrected chi connectivity index (χ2v) is 8.62. The molecule has 4 heteroatoms. The van der Waals surface area contributed by atoms with Crippen molar-refractivity contribution in [2.24, 2.45) is 11.7 Å². The van der Waals surface area contributed by atoms with E-state index in [9.17, 15) is 9.18 Å². The molecule has 3 rings (SSSR count). The van der Waals surface area contributed by atoms with E-state index in [2.05, 4.69) is 11.8 Å². The van der Waals surface area contributed by atoms with Crippen LogP contribution >= 0.6 is 0 Å². The normalized spacial score (nSPS) is 16.8. The van der Waals surface area contributed by atoms with Gasteiger partial charge in [-0.2, -0.15) is 0 Å². The molecule has 0 spiro atoms. The molecule has 1 atom stereocenters. The number of nitrogens with two attached hydrogens (primary N) is 1. The van der Waals surface area contributed by atoms with Gasteiger partial charge in [-0.15, -0.1) is 0 Å². The van der Waals surface area contributed by atoms with Crippen LogP contribution in [0.15, 0.2) is 48.5 Å². The van der Waals surface area contributed by atoms with E-state index in [1.54, 1.807) is 12.1 Å². The number of carbonyl (C=O) groups is 1. The van der Waals surface area contributed by atoms with Crippen molar-refractivity contribution >= 4 is 11.6 Å². The number of hydrogen-bond donors (Lipinski definition) is 1. The molecule has 1 fully saturated rings. The van der Waals surface area contributed by atoms with E-state index in [0.717, 1.165) is 61.8 Å². The summed E-state index contributed by atoms with van der Waals surface area (Å²) in [5.41, 5.74) is 8.08. The van der Waals surface area contributed by atoms with Gasteiger partial charge in [-0.3, -0.25) is 4.79 Å². The van der Waals surface area contributed by atoms with Gasteiger partial charge in [0, 0.05) is 12.2 Å². The largest absolute Gasteiger partial charge is 0.367 e. The number of nitrogens with zero attached hydrogens (tertiary/aromatic N) is 1. The summed E-state index contributed by atoms with van der Waals surface area (Å²) in [7, 11) is 0. The van der Waals surface area contributed by atoms with Crippen molar-refractivity contribution < 1.29 is 9.18 Å². The Bertz CT molecular complexity index is 846. The Morgan fingerprint density at radius 2 is 1.83 bits per heavy atom. The zero-order valence-corrected chi connectivity index (χ0v) is 18.4. The first-order valence-electron chi connectivity index (χ1n) is 11.4. The highest BCUT2D eigenvalue weighted by Crippen LogP contribution is 2.46. The Labute approximate surface area is 180 Å². The maximum Gasteiger partial charge on any atom is 0.248 e. The molecule has 0 aliphatic heterocycles.